The molecule has 1 aromatic rings. The molecule has 0 spiro atoms. The van der Waals surface area contributed by atoms with Gasteiger partial charge in [0.1, 0.15) is 5.82 Å². The molecule has 2 saturated heterocycles. The summed E-state index contributed by atoms with van der Waals surface area (Å²) in [5, 5.41) is 3.51. The van der Waals surface area contributed by atoms with Crippen LogP contribution in [0.1, 0.15) is 39.2 Å². The molecule has 0 bridgehead atoms. The van der Waals surface area contributed by atoms with Crippen molar-refractivity contribution in [3.63, 3.8) is 0 Å². The molecule has 0 saturated carbocycles. The number of hydrogen-bond acceptors (Lipinski definition) is 4. The van der Waals surface area contributed by atoms with Gasteiger partial charge in [-0.2, -0.15) is 11.8 Å². The number of nitrogens with one attached hydrogen (secondary N) is 1. The standard InChI is InChI=1S/C20H33N5S/c1-16-7-9-24(10-8-16)18-6-5-17(13-22-18)14-23-19(21-4)25-11-12-26-20(2,3)15-25/h5-6,13,16H,7-12,14-15H2,1-4H3,(H,21,23). The number of pyridine rings is 1. The number of guanidine groups is 1. The number of nitrogens with zero attached hydrogens (tertiary/aromatic N) is 4. The molecule has 0 radical (unpaired) electrons. The van der Waals surface area contributed by atoms with E-state index in [0.29, 0.717) is 0 Å². The fourth-order valence-electron chi connectivity index (χ4n) is 3.66. The lowest BCUT2D eigenvalue weighted by atomic mass is 9.99. The Labute approximate surface area is 162 Å². The average Bonchev–Trinajstić information content (AvgIpc) is 2.63. The molecule has 0 atom stereocenters. The van der Waals surface area contributed by atoms with Crippen molar-refractivity contribution < 1.29 is 0 Å². The fraction of sp³-hybridized carbons (Fsp3) is 0.700. The van der Waals surface area contributed by atoms with Gasteiger partial charge in [0.25, 0.3) is 0 Å². The van der Waals surface area contributed by atoms with E-state index in [4.69, 9.17) is 4.98 Å². The van der Waals surface area contributed by atoms with Crippen molar-refractivity contribution in [2.75, 3.05) is 43.9 Å². The minimum absolute atomic E-state index is 0.283. The summed E-state index contributed by atoms with van der Waals surface area (Å²) in [7, 11) is 1.87. The maximum absolute atomic E-state index is 4.70. The second-order valence-corrected chi connectivity index (χ2v) is 9.93. The highest BCUT2D eigenvalue weighted by atomic mass is 32.2. The van der Waals surface area contributed by atoms with E-state index in [2.05, 4.69) is 53.0 Å². The van der Waals surface area contributed by atoms with Crippen molar-refractivity contribution >= 4 is 23.5 Å². The highest BCUT2D eigenvalue weighted by Crippen LogP contribution is 2.29. The topological polar surface area (TPSA) is 43.8 Å². The van der Waals surface area contributed by atoms with Gasteiger partial charge in [-0.1, -0.05) is 13.0 Å². The Morgan fingerprint density at radius 1 is 1.31 bits per heavy atom. The first-order valence-electron chi connectivity index (χ1n) is 9.76. The maximum Gasteiger partial charge on any atom is 0.193 e. The lowest BCUT2D eigenvalue weighted by molar-refractivity contribution is 0.375. The molecule has 3 rings (SSSR count). The minimum Gasteiger partial charge on any atom is -0.357 e. The third-order valence-corrected chi connectivity index (χ3v) is 6.60. The number of thioether (sulfide) groups is 1. The zero-order valence-electron chi connectivity index (χ0n) is 16.7. The van der Waals surface area contributed by atoms with Crippen molar-refractivity contribution in [3.05, 3.63) is 23.9 Å². The van der Waals surface area contributed by atoms with Gasteiger partial charge in [0, 0.05) is 56.5 Å². The molecule has 3 heterocycles. The van der Waals surface area contributed by atoms with Gasteiger partial charge in [0.05, 0.1) is 0 Å². The van der Waals surface area contributed by atoms with Gasteiger partial charge in [-0.05, 0) is 44.2 Å². The van der Waals surface area contributed by atoms with Crippen molar-refractivity contribution in [3.8, 4) is 0 Å². The van der Waals surface area contributed by atoms with Gasteiger partial charge >= 0.3 is 0 Å². The maximum atomic E-state index is 4.70. The molecule has 5 nitrogen and oxygen atoms in total. The van der Waals surface area contributed by atoms with Crippen LogP contribution in [0.4, 0.5) is 5.82 Å². The molecule has 2 aliphatic rings. The zero-order chi connectivity index (χ0) is 18.6. The predicted molar refractivity (Wildman–Crippen MR) is 113 cm³/mol. The van der Waals surface area contributed by atoms with E-state index in [1.54, 1.807) is 0 Å². The third kappa shape index (κ3) is 5.06. The summed E-state index contributed by atoms with van der Waals surface area (Å²) in [5.74, 6) is 4.10. The van der Waals surface area contributed by atoms with Crippen LogP contribution in [0, 0.1) is 5.92 Å². The largest absolute Gasteiger partial charge is 0.357 e. The van der Waals surface area contributed by atoms with E-state index in [0.717, 1.165) is 56.2 Å². The minimum atomic E-state index is 0.283. The second kappa shape index (κ2) is 8.51. The summed E-state index contributed by atoms with van der Waals surface area (Å²) >= 11 is 2.04. The molecule has 26 heavy (non-hydrogen) atoms. The molecule has 2 fully saturated rings. The van der Waals surface area contributed by atoms with Gasteiger partial charge in [0.2, 0.25) is 0 Å². The van der Waals surface area contributed by atoms with Gasteiger partial charge in [-0.15, -0.1) is 0 Å². The Hall–Kier alpha value is -1.43. The van der Waals surface area contributed by atoms with Crippen molar-refractivity contribution in [2.45, 2.75) is 44.9 Å². The molecule has 1 N–H and O–H groups in total. The Bertz CT molecular complexity index is 605. The van der Waals surface area contributed by atoms with Crippen molar-refractivity contribution in [2.24, 2.45) is 10.9 Å². The molecule has 0 aliphatic carbocycles. The van der Waals surface area contributed by atoms with Gasteiger partial charge < -0.3 is 15.1 Å². The lowest BCUT2D eigenvalue weighted by Gasteiger charge is -2.39. The monoisotopic (exact) mass is 375 g/mol. The third-order valence-electron chi connectivity index (χ3n) is 5.30. The normalized spacial score (nSPS) is 21.8. The summed E-state index contributed by atoms with van der Waals surface area (Å²) in [6.45, 7) is 12.1. The van der Waals surface area contributed by atoms with Crippen LogP contribution in [0.2, 0.25) is 0 Å². The van der Waals surface area contributed by atoms with E-state index >= 15 is 0 Å². The Morgan fingerprint density at radius 2 is 2.08 bits per heavy atom. The van der Waals surface area contributed by atoms with Crippen LogP contribution in [0.3, 0.4) is 0 Å². The van der Waals surface area contributed by atoms with Crippen LogP contribution in [0.5, 0.6) is 0 Å². The number of aromatic nitrogens is 1. The van der Waals surface area contributed by atoms with E-state index < -0.39 is 0 Å². The molecule has 2 aliphatic heterocycles. The molecule has 0 aromatic carbocycles. The van der Waals surface area contributed by atoms with Gasteiger partial charge in [-0.3, -0.25) is 4.99 Å². The Balaban J connectivity index is 1.54. The summed E-state index contributed by atoms with van der Waals surface area (Å²) in [4.78, 5) is 14.0. The first-order valence-corrected chi connectivity index (χ1v) is 10.7. The van der Waals surface area contributed by atoms with E-state index in [-0.39, 0.29) is 4.75 Å². The van der Waals surface area contributed by atoms with Crippen molar-refractivity contribution in [1.29, 1.82) is 0 Å². The number of piperidine rings is 1. The lowest BCUT2D eigenvalue weighted by Crippen LogP contribution is -2.50. The number of rotatable bonds is 3. The van der Waals surface area contributed by atoms with Crippen LogP contribution in [0.25, 0.3) is 0 Å². The van der Waals surface area contributed by atoms with Crippen molar-refractivity contribution in [1.82, 2.24) is 15.2 Å². The quantitative estimate of drug-likeness (QED) is 0.649. The molecule has 0 unspecified atom stereocenters. The molecule has 0 amide bonds. The second-order valence-electron chi connectivity index (χ2n) is 8.12. The summed E-state index contributed by atoms with van der Waals surface area (Å²) in [6, 6.07) is 4.35. The highest BCUT2D eigenvalue weighted by molar-refractivity contribution is 8.00. The van der Waals surface area contributed by atoms with E-state index in [9.17, 15) is 0 Å². The zero-order valence-corrected chi connectivity index (χ0v) is 17.5. The van der Waals surface area contributed by atoms with Crippen LogP contribution < -0.4 is 10.2 Å². The van der Waals surface area contributed by atoms with E-state index in [1.807, 2.05) is 25.0 Å². The van der Waals surface area contributed by atoms with Crippen LogP contribution in [-0.4, -0.2) is 59.6 Å². The average molecular weight is 376 g/mol. The summed E-state index contributed by atoms with van der Waals surface area (Å²) in [6.07, 6.45) is 4.54. The van der Waals surface area contributed by atoms with E-state index in [1.165, 1.54) is 18.4 Å². The molecular weight excluding hydrogens is 342 g/mol. The molecule has 1 aromatic heterocycles. The summed E-state index contributed by atoms with van der Waals surface area (Å²) in [5.41, 5.74) is 1.20. The predicted octanol–water partition coefficient (Wildman–Crippen LogP) is 3.22. The number of aliphatic imine (C=N–C) groups is 1. The first kappa shape index (κ1) is 19.3. The molecule has 6 heteroatoms. The molecular formula is C20H33N5S. The Morgan fingerprint density at radius 3 is 2.69 bits per heavy atom. The fourth-order valence-corrected chi connectivity index (χ4v) is 4.77. The highest BCUT2D eigenvalue weighted by Gasteiger charge is 2.28. The number of hydrogen-bond donors (Lipinski definition) is 1. The van der Waals surface area contributed by atoms with Crippen LogP contribution in [-0.2, 0) is 6.54 Å². The smallest absolute Gasteiger partial charge is 0.193 e. The SMILES string of the molecule is CN=C(NCc1ccc(N2CCC(C)CC2)nc1)N1CCSC(C)(C)C1. The summed E-state index contributed by atoms with van der Waals surface area (Å²) < 4.78 is 0.283. The van der Waals surface area contributed by atoms with Crippen LogP contribution >= 0.6 is 11.8 Å². The Kier molecular flexibility index (Phi) is 6.33. The number of anilines is 1. The van der Waals surface area contributed by atoms with Crippen LogP contribution in [0.15, 0.2) is 23.3 Å². The van der Waals surface area contributed by atoms with Gasteiger partial charge in [-0.25, -0.2) is 4.98 Å². The van der Waals surface area contributed by atoms with Gasteiger partial charge in [0.15, 0.2) is 5.96 Å². The first-order chi connectivity index (χ1) is 12.5. The molecule has 144 valence electrons.